The lowest BCUT2D eigenvalue weighted by Crippen LogP contribution is -2.11. The number of rotatable bonds is 2. The molecule has 0 saturated heterocycles. The molecular weight excluding hydrogens is 202 g/mol. The normalized spacial score (nSPS) is 7.53. The van der Waals surface area contributed by atoms with Crippen molar-refractivity contribution >= 4 is 12.1 Å². The molecule has 0 aromatic rings. The number of aliphatic hydroxyl groups excluding tert-OH is 1. The maximum atomic E-state index is 9.60. The van der Waals surface area contributed by atoms with Crippen LogP contribution in [0.25, 0.3) is 0 Å². The number of nitrogens with two attached hydrogens (primary N) is 1. The quantitative estimate of drug-likeness (QED) is 0.596. The van der Waals surface area contributed by atoms with Gasteiger partial charge in [-0.05, 0) is 20.8 Å². The molecule has 0 rings (SSSR count). The van der Waals surface area contributed by atoms with E-state index in [9.17, 15) is 9.59 Å². The first-order valence-corrected chi connectivity index (χ1v) is 4.23. The molecule has 0 saturated carbocycles. The molecule has 90 valence electrons. The average molecular weight is 221 g/mol. The Morgan fingerprint density at radius 3 is 1.80 bits per heavy atom. The number of amides is 1. The summed E-state index contributed by atoms with van der Waals surface area (Å²) in [7, 11) is 0. The van der Waals surface area contributed by atoms with Crippen LogP contribution in [0.5, 0.6) is 0 Å². The highest BCUT2D eigenvalue weighted by molar-refractivity contribution is 5.78. The predicted molar refractivity (Wildman–Crippen MR) is 56.4 cm³/mol. The second kappa shape index (κ2) is 14.9. The smallest absolute Gasteiger partial charge is 0.404 e. The summed E-state index contributed by atoms with van der Waals surface area (Å²) in [6.07, 6.45) is -0.0440. The maximum absolute atomic E-state index is 9.60. The van der Waals surface area contributed by atoms with Gasteiger partial charge in [-0.2, -0.15) is 0 Å². The monoisotopic (exact) mass is 221 g/mol. The van der Waals surface area contributed by atoms with Crippen molar-refractivity contribution < 1.29 is 24.5 Å². The van der Waals surface area contributed by atoms with Gasteiger partial charge in [-0.25, -0.2) is 9.59 Å². The number of aliphatic hydroxyl groups is 1. The molecular formula is C9H19NO5. The maximum Gasteiger partial charge on any atom is 0.404 e. The van der Waals surface area contributed by atoms with E-state index in [4.69, 9.17) is 10.2 Å². The Morgan fingerprint density at radius 1 is 1.53 bits per heavy atom. The fourth-order valence-corrected chi connectivity index (χ4v) is 0.142. The average Bonchev–Trinajstić information content (AvgIpc) is 2.03. The highest BCUT2D eigenvalue weighted by atomic mass is 16.5. The first kappa shape index (κ1) is 19.1. The minimum atomic E-state index is -0.981. The van der Waals surface area contributed by atoms with Gasteiger partial charge in [-0.15, -0.1) is 0 Å². The molecule has 0 aliphatic rings. The Labute approximate surface area is 89.3 Å². The van der Waals surface area contributed by atoms with Crippen molar-refractivity contribution in [3.63, 3.8) is 0 Å². The SMILES string of the molecule is C=CC(=O)O.CC(C)O.CCOC(N)=O. The van der Waals surface area contributed by atoms with Crippen LogP contribution in [-0.2, 0) is 9.53 Å². The molecule has 0 radical (unpaired) electrons. The molecule has 0 aliphatic heterocycles. The molecule has 0 heterocycles. The summed E-state index contributed by atoms with van der Waals surface area (Å²) in [6.45, 7) is 8.46. The number of carbonyl (C=O) groups excluding carboxylic acids is 1. The molecule has 1 amide bonds. The highest BCUT2D eigenvalue weighted by Gasteiger charge is 1.82. The standard InChI is InChI=1S/C3H7NO2.C3H4O2.C3H8O/c1-2-6-3(4)5;1-2-3(4)5;1-3(2)4/h2H2,1H3,(H2,4,5);2H,1H2,(H,4,5);3-4H,1-2H3. The molecule has 6 heteroatoms. The van der Waals surface area contributed by atoms with Crippen molar-refractivity contribution in [3.05, 3.63) is 12.7 Å². The lowest BCUT2D eigenvalue weighted by atomic mass is 10.5. The van der Waals surface area contributed by atoms with E-state index in [1.165, 1.54) is 0 Å². The van der Waals surface area contributed by atoms with Crippen LogP contribution in [0.15, 0.2) is 12.7 Å². The first-order valence-electron chi connectivity index (χ1n) is 4.23. The number of ether oxygens (including phenoxy) is 1. The Balaban J connectivity index is -0.000000147. The molecule has 0 spiro atoms. The zero-order valence-corrected chi connectivity index (χ0v) is 9.27. The van der Waals surface area contributed by atoms with E-state index in [0.717, 1.165) is 6.08 Å². The second-order valence-electron chi connectivity index (χ2n) is 2.39. The number of carboxylic acid groups (broad SMARTS) is 1. The van der Waals surface area contributed by atoms with Gasteiger partial charge in [0.05, 0.1) is 6.61 Å². The molecule has 0 aromatic heterocycles. The molecule has 6 nitrogen and oxygen atoms in total. The van der Waals surface area contributed by atoms with Gasteiger partial charge in [0.15, 0.2) is 0 Å². The van der Waals surface area contributed by atoms with E-state index in [1.54, 1.807) is 20.8 Å². The fraction of sp³-hybridized carbons (Fsp3) is 0.556. The van der Waals surface area contributed by atoms with E-state index >= 15 is 0 Å². The molecule has 0 bridgehead atoms. The van der Waals surface area contributed by atoms with Gasteiger partial charge < -0.3 is 20.7 Å². The zero-order valence-electron chi connectivity index (χ0n) is 9.27. The number of aliphatic carboxylic acids is 1. The van der Waals surface area contributed by atoms with Gasteiger partial charge in [-0.3, -0.25) is 0 Å². The Morgan fingerprint density at radius 2 is 1.80 bits per heavy atom. The van der Waals surface area contributed by atoms with E-state index in [0.29, 0.717) is 6.61 Å². The van der Waals surface area contributed by atoms with Crippen LogP contribution in [-0.4, -0.2) is 35.0 Å². The summed E-state index contributed by atoms with van der Waals surface area (Å²) in [5.41, 5.74) is 4.54. The van der Waals surface area contributed by atoms with Crippen LogP contribution in [0.1, 0.15) is 20.8 Å². The van der Waals surface area contributed by atoms with Gasteiger partial charge in [0, 0.05) is 12.2 Å². The molecule has 0 fully saturated rings. The molecule has 4 N–H and O–H groups in total. The van der Waals surface area contributed by atoms with Crippen molar-refractivity contribution in [1.82, 2.24) is 0 Å². The largest absolute Gasteiger partial charge is 0.478 e. The number of hydrogen-bond donors (Lipinski definition) is 3. The van der Waals surface area contributed by atoms with Gasteiger partial charge >= 0.3 is 12.1 Å². The van der Waals surface area contributed by atoms with Crippen LogP contribution < -0.4 is 5.73 Å². The number of carbonyl (C=O) groups is 2. The third-order valence-corrected chi connectivity index (χ3v) is 0.461. The van der Waals surface area contributed by atoms with Crippen molar-refractivity contribution in [2.75, 3.05) is 6.61 Å². The molecule has 0 aliphatic carbocycles. The van der Waals surface area contributed by atoms with Crippen LogP contribution in [0.4, 0.5) is 4.79 Å². The summed E-state index contributed by atoms with van der Waals surface area (Å²) in [5.74, 6) is -0.981. The van der Waals surface area contributed by atoms with Crippen LogP contribution in [0.2, 0.25) is 0 Å². The topological polar surface area (TPSA) is 110 Å². The number of carboxylic acids is 1. The lowest BCUT2D eigenvalue weighted by molar-refractivity contribution is -0.131. The minimum Gasteiger partial charge on any atom is -0.478 e. The fourth-order valence-electron chi connectivity index (χ4n) is 0.142. The van der Waals surface area contributed by atoms with Crippen LogP contribution in [0, 0.1) is 0 Å². The molecule has 0 aromatic carbocycles. The number of primary amides is 1. The molecule has 15 heavy (non-hydrogen) atoms. The van der Waals surface area contributed by atoms with E-state index < -0.39 is 12.1 Å². The Kier molecular flexibility index (Phi) is 19.0. The van der Waals surface area contributed by atoms with Gasteiger partial charge in [0.25, 0.3) is 0 Å². The lowest BCUT2D eigenvalue weighted by Gasteiger charge is -1.89. The summed E-state index contributed by atoms with van der Waals surface area (Å²) in [5, 5.41) is 15.7. The second-order valence-corrected chi connectivity index (χ2v) is 2.39. The Bertz CT molecular complexity index is 177. The van der Waals surface area contributed by atoms with Gasteiger partial charge in [0.2, 0.25) is 0 Å². The summed E-state index contributed by atoms with van der Waals surface area (Å²) >= 11 is 0. The van der Waals surface area contributed by atoms with Crippen molar-refractivity contribution in [2.45, 2.75) is 26.9 Å². The zero-order chi connectivity index (χ0) is 12.9. The molecule has 0 atom stereocenters. The predicted octanol–water partition coefficient (Wildman–Crippen LogP) is 0.746. The summed E-state index contributed by atoms with van der Waals surface area (Å²) in [6, 6.07) is 0. The van der Waals surface area contributed by atoms with Crippen LogP contribution in [0.3, 0.4) is 0 Å². The third kappa shape index (κ3) is 115. The van der Waals surface area contributed by atoms with E-state index in [-0.39, 0.29) is 6.10 Å². The summed E-state index contributed by atoms with van der Waals surface area (Å²) < 4.78 is 4.18. The van der Waals surface area contributed by atoms with E-state index in [2.05, 4.69) is 17.0 Å². The first-order chi connectivity index (χ1) is 6.77. The third-order valence-electron chi connectivity index (χ3n) is 0.461. The number of hydrogen-bond acceptors (Lipinski definition) is 4. The van der Waals surface area contributed by atoms with Crippen LogP contribution >= 0.6 is 0 Å². The minimum absolute atomic E-state index is 0.167. The van der Waals surface area contributed by atoms with Gasteiger partial charge in [0.1, 0.15) is 0 Å². The summed E-state index contributed by atoms with van der Waals surface area (Å²) in [4.78, 5) is 18.8. The van der Waals surface area contributed by atoms with E-state index in [1.807, 2.05) is 0 Å². The Hall–Kier alpha value is -1.56. The molecule has 0 unspecified atom stereocenters. The van der Waals surface area contributed by atoms with Gasteiger partial charge in [-0.1, -0.05) is 6.58 Å². The van der Waals surface area contributed by atoms with Crippen molar-refractivity contribution in [2.24, 2.45) is 5.73 Å². The highest BCUT2D eigenvalue weighted by Crippen LogP contribution is 1.66. The van der Waals surface area contributed by atoms with Crippen molar-refractivity contribution in [3.8, 4) is 0 Å². The van der Waals surface area contributed by atoms with Crippen molar-refractivity contribution in [1.29, 1.82) is 0 Å².